The zero-order valence-corrected chi connectivity index (χ0v) is 9.93. The van der Waals surface area contributed by atoms with E-state index >= 15 is 0 Å². The molecule has 0 saturated carbocycles. The molecular weight excluding hydrogens is 229 g/mol. The summed E-state index contributed by atoms with van der Waals surface area (Å²) in [4.78, 5) is 0. The van der Waals surface area contributed by atoms with Crippen molar-refractivity contribution >= 4 is 10.9 Å². The Kier molecular flexibility index (Phi) is 2.52. The molecule has 0 saturated heterocycles. The Balaban J connectivity index is 2.27. The minimum atomic E-state index is -0.274. The second-order valence-electron chi connectivity index (χ2n) is 4.06. The topological polar surface area (TPSA) is 14.2 Å². The molecule has 0 aliphatic rings. The summed E-state index contributed by atoms with van der Waals surface area (Å²) in [5.41, 5.74) is 1.61. The average molecular weight is 241 g/mol. The summed E-state index contributed by atoms with van der Waals surface area (Å²) >= 11 is 0. The van der Waals surface area contributed by atoms with Crippen molar-refractivity contribution < 1.29 is 9.13 Å². The SMILES string of the molecule is COc1cccc(-n2c(F)cc3ccccc32)c1. The van der Waals surface area contributed by atoms with Crippen LogP contribution in [0.15, 0.2) is 54.6 Å². The van der Waals surface area contributed by atoms with Gasteiger partial charge in [0, 0.05) is 17.5 Å². The lowest BCUT2D eigenvalue weighted by atomic mass is 10.2. The van der Waals surface area contributed by atoms with Crippen molar-refractivity contribution in [2.75, 3.05) is 7.11 Å². The van der Waals surface area contributed by atoms with E-state index < -0.39 is 0 Å². The van der Waals surface area contributed by atoms with Crippen LogP contribution in [0.25, 0.3) is 16.6 Å². The maximum atomic E-state index is 14.0. The van der Waals surface area contributed by atoms with Gasteiger partial charge in [-0.25, -0.2) is 0 Å². The largest absolute Gasteiger partial charge is 0.497 e. The maximum Gasteiger partial charge on any atom is 0.199 e. The Morgan fingerprint density at radius 3 is 2.67 bits per heavy atom. The van der Waals surface area contributed by atoms with E-state index in [9.17, 15) is 4.39 Å². The van der Waals surface area contributed by atoms with Crippen molar-refractivity contribution in [2.45, 2.75) is 0 Å². The Bertz CT molecular complexity index is 703. The van der Waals surface area contributed by atoms with Gasteiger partial charge in [0.1, 0.15) is 5.75 Å². The number of nitrogens with zero attached hydrogens (tertiary/aromatic N) is 1. The number of para-hydroxylation sites is 1. The quantitative estimate of drug-likeness (QED) is 0.666. The number of rotatable bonds is 2. The molecule has 2 nitrogen and oxygen atoms in total. The molecule has 1 aromatic heterocycles. The first-order valence-electron chi connectivity index (χ1n) is 5.70. The molecule has 2 aromatic carbocycles. The van der Waals surface area contributed by atoms with Crippen LogP contribution in [-0.4, -0.2) is 11.7 Å². The third kappa shape index (κ3) is 1.64. The van der Waals surface area contributed by atoms with Crippen molar-refractivity contribution in [1.29, 1.82) is 0 Å². The van der Waals surface area contributed by atoms with E-state index in [0.29, 0.717) is 5.75 Å². The van der Waals surface area contributed by atoms with Gasteiger partial charge in [-0.2, -0.15) is 4.39 Å². The normalized spacial score (nSPS) is 10.8. The molecule has 0 aliphatic heterocycles. The number of methoxy groups -OCH3 is 1. The monoisotopic (exact) mass is 241 g/mol. The van der Waals surface area contributed by atoms with Crippen LogP contribution in [0.3, 0.4) is 0 Å². The third-order valence-corrected chi connectivity index (χ3v) is 2.98. The summed E-state index contributed by atoms with van der Waals surface area (Å²) < 4.78 is 20.8. The fraction of sp³-hybridized carbons (Fsp3) is 0.0667. The summed E-state index contributed by atoms with van der Waals surface area (Å²) in [6.45, 7) is 0. The minimum absolute atomic E-state index is 0.274. The lowest BCUT2D eigenvalue weighted by molar-refractivity contribution is 0.414. The molecule has 0 atom stereocenters. The van der Waals surface area contributed by atoms with Gasteiger partial charge in [0.2, 0.25) is 0 Å². The van der Waals surface area contributed by atoms with Crippen LogP contribution < -0.4 is 4.74 Å². The van der Waals surface area contributed by atoms with Crippen LogP contribution in [0.1, 0.15) is 0 Å². The van der Waals surface area contributed by atoms with Gasteiger partial charge in [0.15, 0.2) is 5.95 Å². The van der Waals surface area contributed by atoms with E-state index in [1.54, 1.807) is 11.7 Å². The molecule has 0 bridgehead atoms. The van der Waals surface area contributed by atoms with Gasteiger partial charge in [-0.1, -0.05) is 24.3 Å². The average Bonchev–Trinajstić information content (AvgIpc) is 2.74. The molecule has 0 fully saturated rings. The Morgan fingerprint density at radius 2 is 1.83 bits per heavy atom. The number of hydrogen-bond donors (Lipinski definition) is 0. The van der Waals surface area contributed by atoms with Crippen LogP contribution in [0.5, 0.6) is 5.75 Å². The molecule has 18 heavy (non-hydrogen) atoms. The van der Waals surface area contributed by atoms with E-state index in [1.807, 2.05) is 48.5 Å². The standard InChI is InChI=1S/C15H12FNO/c1-18-13-7-4-6-12(10-13)17-14-8-3-2-5-11(14)9-15(17)16/h2-10H,1H3. The molecule has 0 spiro atoms. The van der Waals surface area contributed by atoms with Gasteiger partial charge in [0.05, 0.1) is 18.3 Å². The fourth-order valence-corrected chi connectivity index (χ4v) is 2.13. The second kappa shape index (κ2) is 4.18. The Labute approximate surface area is 104 Å². The van der Waals surface area contributed by atoms with E-state index in [2.05, 4.69) is 0 Å². The molecule has 0 radical (unpaired) electrons. The molecule has 1 heterocycles. The molecule has 0 N–H and O–H groups in total. The van der Waals surface area contributed by atoms with E-state index in [1.165, 1.54) is 6.07 Å². The number of aromatic nitrogens is 1. The number of ether oxygens (including phenoxy) is 1. The molecule has 3 aromatic rings. The third-order valence-electron chi connectivity index (χ3n) is 2.98. The first-order chi connectivity index (χ1) is 8.79. The van der Waals surface area contributed by atoms with Crippen molar-refractivity contribution in [3.63, 3.8) is 0 Å². The highest BCUT2D eigenvalue weighted by Crippen LogP contribution is 2.25. The minimum Gasteiger partial charge on any atom is -0.497 e. The highest BCUT2D eigenvalue weighted by Gasteiger charge is 2.09. The first-order valence-corrected chi connectivity index (χ1v) is 5.70. The lowest BCUT2D eigenvalue weighted by Crippen LogP contribution is -1.97. The number of halogens is 1. The van der Waals surface area contributed by atoms with Gasteiger partial charge in [-0.05, 0) is 18.2 Å². The van der Waals surface area contributed by atoms with Crippen molar-refractivity contribution in [2.24, 2.45) is 0 Å². The molecule has 0 amide bonds. The van der Waals surface area contributed by atoms with E-state index in [4.69, 9.17) is 4.74 Å². The number of benzene rings is 2. The van der Waals surface area contributed by atoms with Gasteiger partial charge >= 0.3 is 0 Å². The zero-order valence-electron chi connectivity index (χ0n) is 9.93. The highest BCUT2D eigenvalue weighted by atomic mass is 19.1. The van der Waals surface area contributed by atoms with Crippen LogP contribution in [0, 0.1) is 5.95 Å². The van der Waals surface area contributed by atoms with Crippen molar-refractivity contribution in [3.05, 3.63) is 60.5 Å². The predicted molar refractivity (Wildman–Crippen MR) is 69.8 cm³/mol. The van der Waals surface area contributed by atoms with E-state index in [0.717, 1.165) is 16.6 Å². The van der Waals surface area contributed by atoms with Gasteiger partial charge in [-0.15, -0.1) is 0 Å². The van der Waals surface area contributed by atoms with Gasteiger partial charge in [0.25, 0.3) is 0 Å². The van der Waals surface area contributed by atoms with E-state index in [-0.39, 0.29) is 5.95 Å². The second-order valence-corrected chi connectivity index (χ2v) is 4.06. The van der Waals surface area contributed by atoms with Crippen molar-refractivity contribution in [3.8, 4) is 11.4 Å². The molecule has 0 aliphatic carbocycles. The molecular formula is C15H12FNO. The van der Waals surface area contributed by atoms with Crippen LogP contribution in [0.2, 0.25) is 0 Å². The predicted octanol–water partition coefficient (Wildman–Crippen LogP) is 3.78. The zero-order chi connectivity index (χ0) is 12.5. The fourth-order valence-electron chi connectivity index (χ4n) is 2.13. The molecule has 90 valence electrons. The van der Waals surface area contributed by atoms with Crippen LogP contribution >= 0.6 is 0 Å². The number of fused-ring (bicyclic) bond motifs is 1. The maximum absolute atomic E-state index is 14.0. The number of hydrogen-bond acceptors (Lipinski definition) is 1. The highest BCUT2D eigenvalue weighted by molar-refractivity contribution is 5.82. The molecule has 3 rings (SSSR count). The first kappa shape index (κ1) is 10.8. The summed E-state index contributed by atoms with van der Waals surface area (Å²) in [5, 5.41) is 0.887. The Hall–Kier alpha value is -2.29. The lowest BCUT2D eigenvalue weighted by Gasteiger charge is -2.08. The smallest absolute Gasteiger partial charge is 0.199 e. The summed E-state index contributed by atoms with van der Waals surface area (Å²) in [6, 6.07) is 16.5. The summed E-state index contributed by atoms with van der Waals surface area (Å²) in [6.07, 6.45) is 0. The van der Waals surface area contributed by atoms with Gasteiger partial charge in [-0.3, -0.25) is 4.57 Å². The molecule has 3 heteroatoms. The Morgan fingerprint density at radius 1 is 1.00 bits per heavy atom. The van der Waals surface area contributed by atoms with Crippen LogP contribution in [-0.2, 0) is 0 Å². The van der Waals surface area contributed by atoms with Gasteiger partial charge < -0.3 is 4.74 Å². The summed E-state index contributed by atoms with van der Waals surface area (Å²) in [5.74, 6) is 0.439. The molecule has 0 unspecified atom stereocenters. The van der Waals surface area contributed by atoms with Crippen LogP contribution in [0.4, 0.5) is 4.39 Å². The van der Waals surface area contributed by atoms with Crippen molar-refractivity contribution in [1.82, 2.24) is 4.57 Å². The summed E-state index contributed by atoms with van der Waals surface area (Å²) in [7, 11) is 1.60.